The van der Waals surface area contributed by atoms with E-state index in [0.717, 1.165) is 39.0 Å². The Morgan fingerprint density at radius 2 is 1.60 bits per heavy atom. The van der Waals surface area contributed by atoms with Crippen molar-refractivity contribution in [3.05, 3.63) is 66.7 Å². The lowest BCUT2D eigenvalue weighted by atomic mass is 10.2. The van der Waals surface area contributed by atoms with Crippen LogP contribution in [0, 0.1) is 0 Å². The first-order valence-electron chi connectivity index (χ1n) is 9.31. The van der Waals surface area contributed by atoms with Crippen LogP contribution in [-0.2, 0) is 4.79 Å². The highest BCUT2D eigenvalue weighted by Gasteiger charge is 2.10. The molecule has 2 aromatic heterocycles. The molecule has 0 saturated heterocycles. The molecular formula is C22H17N5O3. The molecule has 8 heteroatoms. The van der Waals surface area contributed by atoms with E-state index in [-0.39, 0.29) is 6.61 Å². The molecule has 0 atom stereocenters. The van der Waals surface area contributed by atoms with Crippen LogP contribution in [0.1, 0.15) is 0 Å². The average molecular weight is 399 g/mol. The molecule has 0 aliphatic heterocycles. The fourth-order valence-electron chi connectivity index (χ4n) is 3.30. The second kappa shape index (κ2) is 7.34. The van der Waals surface area contributed by atoms with Crippen molar-refractivity contribution in [3.8, 4) is 28.5 Å². The van der Waals surface area contributed by atoms with E-state index in [0.29, 0.717) is 11.6 Å². The number of carbonyl (C=O) groups is 1. The van der Waals surface area contributed by atoms with Crippen LogP contribution in [0.4, 0.5) is 0 Å². The molecule has 4 N–H and O–H groups in total. The van der Waals surface area contributed by atoms with Gasteiger partial charge in [-0.05, 0) is 42.5 Å². The number of nitrogens with one attached hydrogen (secondary N) is 3. The molecule has 0 unspecified atom stereocenters. The second-order valence-electron chi connectivity index (χ2n) is 6.77. The van der Waals surface area contributed by atoms with E-state index < -0.39 is 5.91 Å². The molecule has 5 rings (SSSR count). The molecule has 0 bridgehead atoms. The van der Waals surface area contributed by atoms with Gasteiger partial charge in [0.2, 0.25) is 0 Å². The van der Waals surface area contributed by atoms with E-state index in [1.807, 2.05) is 54.6 Å². The number of amides is 1. The highest BCUT2D eigenvalue weighted by molar-refractivity contribution is 5.86. The van der Waals surface area contributed by atoms with E-state index >= 15 is 0 Å². The van der Waals surface area contributed by atoms with E-state index in [2.05, 4.69) is 19.9 Å². The summed E-state index contributed by atoms with van der Waals surface area (Å²) in [5.74, 6) is 1.36. The van der Waals surface area contributed by atoms with Gasteiger partial charge < -0.3 is 14.7 Å². The Hall–Kier alpha value is -4.17. The smallest absolute Gasteiger partial charge is 0.281 e. The Morgan fingerprint density at radius 3 is 2.40 bits per heavy atom. The number of H-pyrrole nitrogens is 2. The minimum atomic E-state index is -0.623. The van der Waals surface area contributed by atoms with Crippen LogP contribution in [0.2, 0.25) is 0 Å². The number of aromatic amines is 2. The number of imidazole rings is 2. The number of ether oxygens (including phenoxy) is 1. The van der Waals surface area contributed by atoms with Gasteiger partial charge in [0.05, 0.1) is 22.1 Å². The molecule has 0 saturated carbocycles. The normalized spacial score (nSPS) is 11.1. The van der Waals surface area contributed by atoms with Crippen molar-refractivity contribution in [2.24, 2.45) is 0 Å². The van der Waals surface area contributed by atoms with Crippen LogP contribution in [0.15, 0.2) is 66.7 Å². The van der Waals surface area contributed by atoms with Crippen molar-refractivity contribution < 1.29 is 14.7 Å². The maximum Gasteiger partial charge on any atom is 0.281 e. The standard InChI is InChI=1S/C22H17N5O3/c28-20(27-29)12-30-15-5-3-4-13(10-15)21-25-18-9-8-14(11-19(18)26-21)22-23-16-6-1-2-7-17(16)24-22/h1-11,29H,12H2,(H,23,24)(H,25,26)(H,27,28). The van der Waals surface area contributed by atoms with Crippen molar-refractivity contribution in [2.75, 3.05) is 6.61 Å². The lowest BCUT2D eigenvalue weighted by Gasteiger charge is -2.05. The molecule has 0 fully saturated rings. The van der Waals surface area contributed by atoms with Crippen LogP contribution >= 0.6 is 0 Å². The number of nitrogens with zero attached hydrogens (tertiary/aromatic N) is 2. The van der Waals surface area contributed by atoms with Gasteiger partial charge in [-0.15, -0.1) is 0 Å². The van der Waals surface area contributed by atoms with Crippen molar-refractivity contribution in [1.82, 2.24) is 25.4 Å². The zero-order valence-corrected chi connectivity index (χ0v) is 15.7. The number of para-hydroxylation sites is 2. The van der Waals surface area contributed by atoms with Gasteiger partial charge in [-0.25, -0.2) is 15.4 Å². The summed E-state index contributed by atoms with van der Waals surface area (Å²) in [4.78, 5) is 27.1. The Labute approximate surface area is 170 Å². The number of fused-ring (bicyclic) bond motifs is 2. The van der Waals surface area contributed by atoms with Crippen molar-refractivity contribution in [1.29, 1.82) is 0 Å². The maximum atomic E-state index is 11.2. The Kier molecular flexibility index (Phi) is 4.38. The van der Waals surface area contributed by atoms with Gasteiger partial charge in [-0.2, -0.15) is 0 Å². The molecule has 30 heavy (non-hydrogen) atoms. The summed E-state index contributed by atoms with van der Waals surface area (Å²) in [6.45, 7) is -0.277. The first kappa shape index (κ1) is 17.9. The number of carbonyl (C=O) groups excluding carboxylic acids is 1. The molecular weight excluding hydrogens is 382 g/mol. The van der Waals surface area contributed by atoms with E-state index in [1.165, 1.54) is 5.48 Å². The first-order valence-corrected chi connectivity index (χ1v) is 9.31. The Bertz CT molecular complexity index is 1340. The summed E-state index contributed by atoms with van der Waals surface area (Å²) in [6, 6.07) is 21.1. The highest BCUT2D eigenvalue weighted by atomic mass is 16.5. The van der Waals surface area contributed by atoms with Gasteiger partial charge >= 0.3 is 0 Å². The Balaban J connectivity index is 1.46. The molecule has 0 radical (unpaired) electrons. The quantitative estimate of drug-likeness (QED) is 0.266. The van der Waals surface area contributed by atoms with Crippen molar-refractivity contribution in [3.63, 3.8) is 0 Å². The lowest BCUT2D eigenvalue weighted by molar-refractivity contribution is -0.131. The van der Waals surface area contributed by atoms with Crippen LogP contribution in [0.5, 0.6) is 5.75 Å². The minimum Gasteiger partial charge on any atom is -0.484 e. The summed E-state index contributed by atoms with van der Waals surface area (Å²) < 4.78 is 5.37. The third kappa shape index (κ3) is 3.36. The average Bonchev–Trinajstić information content (AvgIpc) is 3.41. The van der Waals surface area contributed by atoms with Crippen LogP contribution in [-0.4, -0.2) is 37.7 Å². The number of hydroxylamine groups is 1. The van der Waals surface area contributed by atoms with Gasteiger partial charge in [0.1, 0.15) is 17.4 Å². The monoisotopic (exact) mass is 399 g/mol. The summed E-state index contributed by atoms with van der Waals surface area (Å²) in [5.41, 5.74) is 6.94. The number of aromatic nitrogens is 4. The van der Waals surface area contributed by atoms with Gasteiger partial charge in [0.15, 0.2) is 6.61 Å². The van der Waals surface area contributed by atoms with Gasteiger partial charge in [-0.3, -0.25) is 10.0 Å². The fourth-order valence-corrected chi connectivity index (χ4v) is 3.30. The number of benzene rings is 3. The minimum absolute atomic E-state index is 0.277. The Morgan fingerprint density at radius 1 is 0.867 bits per heavy atom. The summed E-state index contributed by atoms with van der Waals surface area (Å²) in [6.07, 6.45) is 0. The lowest BCUT2D eigenvalue weighted by Crippen LogP contribution is -2.25. The predicted molar refractivity (Wildman–Crippen MR) is 112 cm³/mol. The summed E-state index contributed by atoms with van der Waals surface area (Å²) in [5, 5.41) is 8.57. The van der Waals surface area contributed by atoms with Crippen LogP contribution in [0.3, 0.4) is 0 Å². The maximum absolute atomic E-state index is 11.2. The molecule has 0 aliphatic rings. The van der Waals surface area contributed by atoms with Crippen molar-refractivity contribution >= 4 is 28.0 Å². The first-order chi connectivity index (χ1) is 14.7. The molecule has 5 aromatic rings. The van der Waals surface area contributed by atoms with Crippen molar-refractivity contribution in [2.45, 2.75) is 0 Å². The molecule has 2 heterocycles. The van der Waals surface area contributed by atoms with E-state index in [4.69, 9.17) is 9.94 Å². The second-order valence-corrected chi connectivity index (χ2v) is 6.77. The zero-order valence-electron chi connectivity index (χ0n) is 15.7. The van der Waals surface area contributed by atoms with E-state index in [1.54, 1.807) is 12.1 Å². The third-order valence-electron chi connectivity index (χ3n) is 4.75. The largest absolute Gasteiger partial charge is 0.484 e. The highest BCUT2D eigenvalue weighted by Crippen LogP contribution is 2.27. The SMILES string of the molecule is O=C(COc1cccc(-c2nc3ccc(-c4nc5ccccc5[nH]4)cc3[nH]2)c1)NO. The third-order valence-corrected chi connectivity index (χ3v) is 4.75. The van der Waals surface area contributed by atoms with Gasteiger partial charge in [0.25, 0.3) is 5.91 Å². The summed E-state index contributed by atoms with van der Waals surface area (Å²) in [7, 11) is 0. The number of hydrogen-bond acceptors (Lipinski definition) is 5. The topological polar surface area (TPSA) is 116 Å². The van der Waals surface area contributed by atoms with Gasteiger partial charge in [-0.1, -0.05) is 24.3 Å². The molecule has 148 valence electrons. The summed E-state index contributed by atoms with van der Waals surface area (Å²) >= 11 is 0. The fraction of sp³-hybridized carbons (Fsp3) is 0.0455. The number of rotatable bonds is 5. The molecule has 3 aromatic carbocycles. The van der Waals surface area contributed by atoms with Crippen LogP contribution < -0.4 is 10.2 Å². The molecule has 1 amide bonds. The molecule has 0 aliphatic carbocycles. The van der Waals surface area contributed by atoms with E-state index in [9.17, 15) is 4.79 Å². The molecule has 8 nitrogen and oxygen atoms in total. The predicted octanol–water partition coefficient (Wildman–Crippen LogP) is 3.66. The molecule has 0 spiro atoms. The van der Waals surface area contributed by atoms with Gasteiger partial charge in [0, 0.05) is 11.1 Å². The zero-order chi connectivity index (χ0) is 20.5. The van der Waals surface area contributed by atoms with Crippen LogP contribution in [0.25, 0.3) is 44.8 Å². The number of hydrogen-bond donors (Lipinski definition) is 4.